The molecule has 0 bridgehead atoms. The molecule has 0 fully saturated rings. The number of halogens is 3. The standard InChI is InChI=1S/C15H11F3NO/c1-9-3-2-4-10-7-19(8-20-15(9)10)12-6-5-11(16)13(17)14(12)18/h2-7H,8H2,1H3/q+1. The van der Waals surface area contributed by atoms with Gasteiger partial charge in [0.1, 0.15) is 5.75 Å². The van der Waals surface area contributed by atoms with E-state index in [4.69, 9.17) is 4.74 Å². The van der Waals surface area contributed by atoms with Crippen molar-refractivity contribution in [1.82, 2.24) is 0 Å². The predicted octanol–water partition coefficient (Wildman–Crippen LogP) is 3.53. The van der Waals surface area contributed by atoms with Crippen LogP contribution in [-0.4, -0.2) is 17.5 Å². The third-order valence-corrected chi connectivity index (χ3v) is 3.21. The average molecular weight is 278 g/mol. The molecule has 1 aliphatic heterocycles. The molecule has 2 aromatic carbocycles. The van der Waals surface area contributed by atoms with Gasteiger partial charge >= 0.3 is 0 Å². The van der Waals surface area contributed by atoms with E-state index in [2.05, 4.69) is 0 Å². The lowest BCUT2D eigenvalue weighted by molar-refractivity contribution is -0.478. The first-order chi connectivity index (χ1) is 9.58. The molecule has 5 heteroatoms. The Balaban J connectivity index is 2.11. The van der Waals surface area contributed by atoms with Gasteiger partial charge in [0.05, 0.1) is 5.56 Å². The van der Waals surface area contributed by atoms with Crippen molar-refractivity contribution in [3.05, 3.63) is 58.9 Å². The Morgan fingerprint density at radius 3 is 2.65 bits per heavy atom. The van der Waals surface area contributed by atoms with Crippen LogP contribution < -0.4 is 4.74 Å². The lowest BCUT2D eigenvalue weighted by atomic mass is 10.1. The van der Waals surface area contributed by atoms with E-state index in [9.17, 15) is 13.2 Å². The summed E-state index contributed by atoms with van der Waals surface area (Å²) in [6.45, 7) is 1.94. The monoisotopic (exact) mass is 278 g/mol. The molecule has 0 saturated carbocycles. The Bertz CT molecular complexity index is 725. The second-order valence-corrected chi connectivity index (χ2v) is 4.56. The van der Waals surface area contributed by atoms with Gasteiger partial charge < -0.3 is 4.74 Å². The van der Waals surface area contributed by atoms with E-state index in [1.807, 2.05) is 25.1 Å². The number of nitrogens with zero attached hydrogens (tertiary/aromatic N) is 1. The lowest BCUT2D eigenvalue weighted by Gasteiger charge is -2.15. The van der Waals surface area contributed by atoms with E-state index in [1.54, 1.807) is 6.21 Å². The third-order valence-electron chi connectivity index (χ3n) is 3.21. The van der Waals surface area contributed by atoms with Crippen molar-refractivity contribution in [2.24, 2.45) is 0 Å². The van der Waals surface area contributed by atoms with E-state index in [0.29, 0.717) is 5.75 Å². The average Bonchev–Trinajstić information content (AvgIpc) is 2.45. The summed E-state index contributed by atoms with van der Waals surface area (Å²) in [5.74, 6) is -3.20. The van der Waals surface area contributed by atoms with Gasteiger partial charge in [0, 0.05) is 6.07 Å². The van der Waals surface area contributed by atoms with Gasteiger partial charge in [0.2, 0.25) is 17.3 Å². The van der Waals surface area contributed by atoms with Crippen LogP contribution in [0.1, 0.15) is 11.1 Å². The highest BCUT2D eigenvalue weighted by Crippen LogP contribution is 2.28. The van der Waals surface area contributed by atoms with Crippen LogP contribution >= 0.6 is 0 Å². The smallest absolute Gasteiger partial charge is 0.292 e. The normalized spacial score (nSPS) is 13.5. The van der Waals surface area contributed by atoms with Gasteiger partial charge in [-0.3, -0.25) is 0 Å². The van der Waals surface area contributed by atoms with Gasteiger partial charge in [-0.15, -0.1) is 0 Å². The summed E-state index contributed by atoms with van der Waals surface area (Å²) in [4.78, 5) is 0. The Hall–Kier alpha value is -2.30. The molecule has 1 heterocycles. The first-order valence-corrected chi connectivity index (χ1v) is 6.05. The summed E-state index contributed by atoms with van der Waals surface area (Å²) in [6, 6.07) is 7.65. The molecule has 1 aliphatic rings. The maximum absolute atomic E-state index is 13.8. The van der Waals surface area contributed by atoms with Crippen LogP contribution in [0, 0.1) is 24.4 Å². The van der Waals surface area contributed by atoms with Crippen LogP contribution in [0.15, 0.2) is 30.3 Å². The highest BCUT2D eigenvalue weighted by Gasteiger charge is 2.26. The van der Waals surface area contributed by atoms with Gasteiger partial charge in [-0.2, -0.15) is 8.97 Å². The number of rotatable bonds is 1. The predicted molar refractivity (Wildman–Crippen MR) is 68.1 cm³/mol. The molecule has 2 aromatic rings. The van der Waals surface area contributed by atoms with Gasteiger partial charge in [-0.1, -0.05) is 12.1 Å². The molecule has 0 N–H and O–H groups in total. The van der Waals surface area contributed by atoms with Crippen molar-refractivity contribution < 1.29 is 22.5 Å². The second-order valence-electron chi connectivity index (χ2n) is 4.56. The molecule has 0 aliphatic carbocycles. The first-order valence-electron chi connectivity index (χ1n) is 6.05. The van der Waals surface area contributed by atoms with Crippen LogP contribution in [0.2, 0.25) is 0 Å². The molecule has 0 aromatic heterocycles. The molecule has 0 atom stereocenters. The van der Waals surface area contributed by atoms with Crippen molar-refractivity contribution in [2.45, 2.75) is 6.92 Å². The zero-order valence-electron chi connectivity index (χ0n) is 10.7. The van der Waals surface area contributed by atoms with Crippen LogP contribution in [0.5, 0.6) is 5.75 Å². The summed E-state index contributed by atoms with van der Waals surface area (Å²) in [5.41, 5.74) is 1.67. The molecule has 20 heavy (non-hydrogen) atoms. The maximum atomic E-state index is 13.8. The van der Waals surface area contributed by atoms with Gasteiger partial charge in [0.25, 0.3) is 6.73 Å². The van der Waals surface area contributed by atoms with Gasteiger partial charge in [0.15, 0.2) is 12.0 Å². The summed E-state index contributed by atoms with van der Waals surface area (Å²) in [7, 11) is 0. The van der Waals surface area contributed by atoms with Crippen molar-refractivity contribution in [3.63, 3.8) is 0 Å². The van der Waals surface area contributed by atoms with E-state index in [0.717, 1.165) is 17.2 Å². The molecule has 0 amide bonds. The zero-order chi connectivity index (χ0) is 14.3. The highest BCUT2D eigenvalue weighted by atomic mass is 19.2. The number of hydrogen-bond donors (Lipinski definition) is 0. The second kappa shape index (κ2) is 4.67. The maximum Gasteiger partial charge on any atom is 0.292 e. The van der Waals surface area contributed by atoms with Crippen LogP contribution in [0.25, 0.3) is 0 Å². The van der Waals surface area contributed by atoms with Crippen LogP contribution in [-0.2, 0) is 0 Å². The fourth-order valence-electron chi connectivity index (χ4n) is 2.19. The minimum Gasteiger partial charge on any atom is -0.435 e. The summed E-state index contributed by atoms with van der Waals surface area (Å²) >= 11 is 0. The number of benzene rings is 2. The molecule has 0 spiro atoms. The summed E-state index contributed by atoms with van der Waals surface area (Å²) in [6.07, 6.45) is 1.65. The quantitative estimate of drug-likeness (QED) is 0.574. The minimum atomic E-state index is -1.48. The fraction of sp³-hybridized carbons (Fsp3) is 0.133. The Kier molecular flexibility index (Phi) is 2.97. The summed E-state index contributed by atoms with van der Waals surface area (Å²) < 4.78 is 46.9. The molecule has 2 nitrogen and oxygen atoms in total. The molecule has 102 valence electrons. The molecule has 3 rings (SSSR count). The largest absolute Gasteiger partial charge is 0.435 e. The molecular weight excluding hydrogens is 267 g/mol. The summed E-state index contributed by atoms with van der Waals surface area (Å²) in [5, 5.41) is 0. The first kappa shape index (κ1) is 12.7. The third kappa shape index (κ3) is 1.95. The topological polar surface area (TPSA) is 12.2 Å². The number of aryl methyl sites for hydroxylation is 1. The van der Waals surface area contributed by atoms with Crippen molar-refractivity contribution in [3.8, 4) is 5.75 Å². The lowest BCUT2D eigenvalue weighted by Crippen LogP contribution is -2.22. The number of para-hydroxylation sites is 1. The molecule has 0 saturated heterocycles. The Morgan fingerprint density at radius 2 is 1.85 bits per heavy atom. The molecule has 0 radical (unpaired) electrons. The van der Waals surface area contributed by atoms with E-state index in [-0.39, 0.29) is 12.4 Å². The number of fused-ring (bicyclic) bond motifs is 1. The SMILES string of the molecule is Cc1cccc2c1OC[N+](c1ccc(F)c(F)c1F)=C2. The fourth-order valence-corrected chi connectivity index (χ4v) is 2.19. The number of hydrogen-bond acceptors (Lipinski definition) is 1. The van der Waals surface area contributed by atoms with Crippen molar-refractivity contribution in [2.75, 3.05) is 6.73 Å². The Morgan fingerprint density at radius 1 is 1.05 bits per heavy atom. The minimum absolute atomic E-state index is 0.0415. The molecular formula is C15H11F3NO+. The van der Waals surface area contributed by atoms with E-state index in [1.165, 1.54) is 10.6 Å². The van der Waals surface area contributed by atoms with Gasteiger partial charge in [-0.05, 0) is 24.6 Å². The van der Waals surface area contributed by atoms with E-state index >= 15 is 0 Å². The van der Waals surface area contributed by atoms with Crippen molar-refractivity contribution in [1.29, 1.82) is 0 Å². The molecule has 0 unspecified atom stereocenters. The van der Waals surface area contributed by atoms with Crippen LogP contribution in [0.3, 0.4) is 0 Å². The van der Waals surface area contributed by atoms with Gasteiger partial charge in [-0.25, -0.2) is 8.78 Å². The van der Waals surface area contributed by atoms with E-state index < -0.39 is 17.5 Å². The Labute approximate surface area is 113 Å². The van der Waals surface area contributed by atoms with Crippen LogP contribution in [0.4, 0.5) is 18.9 Å². The number of ether oxygens (including phenoxy) is 1. The highest BCUT2D eigenvalue weighted by molar-refractivity contribution is 5.82. The zero-order valence-corrected chi connectivity index (χ0v) is 10.7. The van der Waals surface area contributed by atoms with Crippen molar-refractivity contribution >= 4 is 11.9 Å².